The van der Waals surface area contributed by atoms with Gasteiger partial charge < -0.3 is 24.5 Å². The number of aromatic amines is 1. The normalized spacial score (nSPS) is 23.7. The van der Waals surface area contributed by atoms with Crippen molar-refractivity contribution in [1.29, 1.82) is 0 Å². The first-order valence-corrected chi connectivity index (χ1v) is 14.5. The number of carbonyl (C=O) groups is 1. The molecule has 2 aliphatic heterocycles. The Morgan fingerprint density at radius 2 is 1.95 bits per heavy atom. The molecule has 2 fully saturated rings. The van der Waals surface area contributed by atoms with E-state index in [0.717, 1.165) is 49.4 Å². The van der Waals surface area contributed by atoms with Gasteiger partial charge in [-0.2, -0.15) is 0 Å². The van der Waals surface area contributed by atoms with E-state index in [9.17, 15) is 9.59 Å². The Morgan fingerprint density at radius 3 is 2.63 bits per heavy atom. The average Bonchev–Trinajstić information content (AvgIpc) is 2.89. The highest BCUT2D eigenvalue weighted by Gasteiger charge is 2.39. The Bertz CT molecular complexity index is 1250. The summed E-state index contributed by atoms with van der Waals surface area (Å²) in [4.78, 5) is 31.6. The number of hydrogen-bond donors (Lipinski definition) is 2. The third-order valence-electron chi connectivity index (χ3n) is 8.21. The van der Waals surface area contributed by atoms with Gasteiger partial charge in [0.2, 0.25) is 0 Å². The second-order valence-electron chi connectivity index (χ2n) is 10.5. The Balaban J connectivity index is 1.26. The summed E-state index contributed by atoms with van der Waals surface area (Å²) in [6.07, 6.45) is 6.29. The van der Waals surface area contributed by atoms with Crippen molar-refractivity contribution >= 4 is 17.7 Å². The molecule has 3 aliphatic rings. The van der Waals surface area contributed by atoms with Crippen molar-refractivity contribution in [2.45, 2.75) is 69.2 Å². The number of halogens is 1. The Morgan fingerprint density at radius 1 is 1.21 bits per heavy atom. The average molecular weight is 546 g/mol. The number of thioether (sulfide) groups is 1. The minimum Gasteiger partial charge on any atom is -0.483 e. The number of rotatable bonds is 7. The summed E-state index contributed by atoms with van der Waals surface area (Å²) in [6, 6.07) is 3.64. The first-order chi connectivity index (χ1) is 18.3. The fourth-order valence-electron chi connectivity index (χ4n) is 5.85. The predicted molar refractivity (Wildman–Crippen MR) is 144 cm³/mol. The third-order valence-corrected chi connectivity index (χ3v) is 9.02. The molecule has 1 aliphatic carbocycles. The third kappa shape index (κ3) is 5.31. The number of benzene rings is 1. The SMILES string of the molecule is COC1CN(C2CCC([C@H]3COc4c(F)cc(C(=O)NCc5c(SC)cc(C)[nH]c5=O)c(C)c4O3)CC2)C1. The van der Waals surface area contributed by atoms with Crippen LogP contribution in [0.15, 0.2) is 21.8 Å². The highest BCUT2D eigenvalue weighted by Crippen LogP contribution is 2.42. The van der Waals surface area contributed by atoms with Crippen molar-refractivity contribution in [3.05, 3.63) is 50.7 Å². The zero-order valence-corrected chi connectivity index (χ0v) is 23.2. The number of pyridine rings is 1. The standard InChI is InChI=1S/C28H36FN3O5S/c1-15-9-24(38-4)21(28(34)31-15)11-30-27(33)20-10-22(29)26-25(16(20)2)37-23(14-36-26)17-5-7-18(8-6-17)32-12-19(13-32)35-3/h9-10,17-19,23H,5-8,11-14H2,1-4H3,(H,30,33)(H,31,34)/t17?,18?,23-/m1/s1. The summed E-state index contributed by atoms with van der Waals surface area (Å²) in [5.41, 5.74) is 1.69. The lowest BCUT2D eigenvalue weighted by molar-refractivity contribution is -0.0650. The molecular formula is C28H36FN3O5S. The van der Waals surface area contributed by atoms with Gasteiger partial charge in [0.15, 0.2) is 17.3 Å². The Kier molecular flexibility index (Phi) is 8.02. The van der Waals surface area contributed by atoms with Crippen LogP contribution in [0.25, 0.3) is 0 Å². The van der Waals surface area contributed by atoms with E-state index in [1.54, 1.807) is 14.0 Å². The minimum atomic E-state index is -0.624. The summed E-state index contributed by atoms with van der Waals surface area (Å²) in [7, 11) is 1.77. The highest BCUT2D eigenvalue weighted by atomic mass is 32.2. The number of likely N-dealkylation sites (tertiary alicyclic amines) is 1. The van der Waals surface area contributed by atoms with Crippen LogP contribution in [0.2, 0.25) is 0 Å². The summed E-state index contributed by atoms with van der Waals surface area (Å²) >= 11 is 1.44. The van der Waals surface area contributed by atoms with Gasteiger partial charge in [-0.3, -0.25) is 14.5 Å². The van der Waals surface area contributed by atoms with E-state index in [1.807, 2.05) is 19.2 Å². The van der Waals surface area contributed by atoms with Crippen molar-refractivity contribution in [1.82, 2.24) is 15.2 Å². The van der Waals surface area contributed by atoms with E-state index in [0.29, 0.717) is 41.5 Å². The van der Waals surface area contributed by atoms with Crippen LogP contribution in [-0.2, 0) is 11.3 Å². The van der Waals surface area contributed by atoms with E-state index in [4.69, 9.17) is 14.2 Å². The fraction of sp³-hybridized carbons (Fsp3) is 0.571. The molecule has 1 amide bonds. The molecule has 0 bridgehead atoms. The topological polar surface area (TPSA) is 92.9 Å². The molecule has 0 radical (unpaired) electrons. The van der Waals surface area contributed by atoms with Crippen LogP contribution < -0.4 is 20.3 Å². The number of amides is 1. The second kappa shape index (κ2) is 11.3. The van der Waals surface area contributed by atoms with Gasteiger partial charge in [0.25, 0.3) is 11.5 Å². The molecule has 8 nitrogen and oxygen atoms in total. The maximum Gasteiger partial charge on any atom is 0.254 e. The van der Waals surface area contributed by atoms with Crippen LogP contribution in [0.5, 0.6) is 11.5 Å². The first kappa shape index (κ1) is 27.0. The van der Waals surface area contributed by atoms with E-state index < -0.39 is 11.7 Å². The molecule has 38 heavy (non-hydrogen) atoms. The van der Waals surface area contributed by atoms with Gasteiger partial charge >= 0.3 is 0 Å². The summed E-state index contributed by atoms with van der Waals surface area (Å²) in [5, 5.41) is 2.78. The quantitative estimate of drug-likeness (QED) is 0.511. The van der Waals surface area contributed by atoms with Crippen molar-refractivity contribution in [3.63, 3.8) is 0 Å². The number of aromatic nitrogens is 1. The largest absolute Gasteiger partial charge is 0.483 e. The Hall–Kier alpha value is -2.56. The Labute approximate surface area is 226 Å². The molecule has 1 aromatic carbocycles. The maximum absolute atomic E-state index is 15.0. The second-order valence-corrected chi connectivity index (χ2v) is 11.4. The molecular weight excluding hydrogens is 509 g/mol. The number of H-pyrrole nitrogens is 1. The fourth-order valence-corrected chi connectivity index (χ4v) is 6.56. The molecule has 0 unspecified atom stereocenters. The lowest BCUT2D eigenvalue weighted by Crippen LogP contribution is -2.57. The van der Waals surface area contributed by atoms with Crippen molar-refractivity contribution in [2.24, 2.45) is 5.92 Å². The lowest BCUT2D eigenvalue weighted by atomic mass is 9.81. The van der Waals surface area contributed by atoms with Crippen LogP contribution >= 0.6 is 11.8 Å². The molecule has 1 saturated carbocycles. The van der Waals surface area contributed by atoms with Crippen molar-refractivity contribution in [2.75, 3.05) is 33.1 Å². The van der Waals surface area contributed by atoms with E-state index >= 15 is 4.39 Å². The van der Waals surface area contributed by atoms with Crippen LogP contribution in [0.4, 0.5) is 4.39 Å². The predicted octanol–water partition coefficient (Wildman–Crippen LogP) is 3.81. The number of carbonyl (C=O) groups excluding carboxylic acids is 1. The van der Waals surface area contributed by atoms with Crippen molar-refractivity contribution in [3.8, 4) is 11.5 Å². The smallest absolute Gasteiger partial charge is 0.254 e. The molecule has 2 aromatic rings. The number of methoxy groups -OCH3 is 1. The highest BCUT2D eigenvalue weighted by molar-refractivity contribution is 7.98. The van der Waals surface area contributed by atoms with E-state index in [2.05, 4.69) is 15.2 Å². The van der Waals surface area contributed by atoms with Crippen LogP contribution in [-0.4, -0.2) is 67.1 Å². The zero-order chi connectivity index (χ0) is 27.0. The zero-order valence-electron chi connectivity index (χ0n) is 22.4. The number of ether oxygens (including phenoxy) is 3. The van der Waals surface area contributed by atoms with Crippen LogP contribution in [0.1, 0.15) is 52.9 Å². The number of fused-ring (bicyclic) bond motifs is 1. The molecule has 1 aromatic heterocycles. The van der Waals surface area contributed by atoms with E-state index in [1.165, 1.54) is 17.8 Å². The molecule has 1 atom stereocenters. The maximum atomic E-state index is 15.0. The van der Waals surface area contributed by atoms with Crippen LogP contribution in [0.3, 0.4) is 0 Å². The summed E-state index contributed by atoms with van der Waals surface area (Å²) in [5.74, 6) is -0.406. The van der Waals surface area contributed by atoms with Crippen molar-refractivity contribution < 1.29 is 23.4 Å². The monoisotopic (exact) mass is 545 g/mol. The summed E-state index contributed by atoms with van der Waals surface area (Å²) in [6.45, 7) is 5.90. The minimum absolute atomic E-state index is 0.0358. The molecule has 206 valence electrons. The molecule has 0 spiro atoms. The molecule has 2 N–H and O–H groups in total. The van der Waals surface area contributed by atoms with Gasteiger partial charge in [-0.15, -0.1) is 11.8 Å². The van der Waals surface area contributed by atoms with E-state index in [-0.39, 0.29) is 29.5 Å². The van der Waals surface area contributed by atoms with Gasteiger partial charge in [-0.25, -0.2) is 4.39 Å². The number of nitrogens with one attached hydrogen (secondary N) is 2. The molecule has 3 heterocycles. The number of hydrogen-bond acceptors (Lipinski definition) is 7. The van der Waals surface area contributed by atoms with Crippen LogP contribution in [0, 0.1) is 25.6 Å². The molecule has 10 heteroatoms. The summed E-state index contributed by atoms with van der Waals surface area (Å²) < 4.78 is 32.6. The first-order valence-electron chi connectivity index (χ1n) is 13.2. The van der Waals surface area contributed by atoms with Gasteiger partial charge in [0.1, 0.15) is 12.7 Å². The molecule has 5 rings (SSSR count). The van der Waals surface area contributed by atoms with Gasteiger partial charge in [-0.05, 0) is 63.8 Å². The van der Waals surface area contributed by atoms with Gasteiger partial charge in [-0.1, -0.05) is 0 Å². The lowest BCUT2D eigenvalue weighted by Gasteiger charge is -2.46. The number of nitrogens with zero attached hydrogens (tertiary/aromatic N) is 1. The molecule has 1 saturated heterocycles. The van der Waals surface area contributed by atoms with Gasteiger partial charge in [0.05, 0.1) is 6.10 Å². The number of aryl methyl sites for hydroxylation is 1. The van der Waals surface area contributed by atoms with Gasteiger partial charge in [0, 0.05) is 60.1 Å².